The van der Waals surface area contributed by atoms with Crippen LogP contribution in [-0.4, -0.2) is 5.11 Å². The van der Waals surface area contributed by atoms with Gasteiger partial charge >= 0.3 is 0 Å². The topological polar surface area (TPSA) is 20.2 Å². The van der Waals surface area contributed by atoms with E-state index in [2.05, 4.69) is 0 Å². The molecule has 1 aromatic rings. The molecule has 0 radical (unpaired) electrons. The zero-order chi connectivity index (χ0) is 5.98. The van der Waals surface area contributed by atoms with Gasteiger partial charge in [0.1, 0.15) is 5.75 Å². The van der Waals surface area contributed by atoms with Gasteiger partial charge in [-0.1, -0.05) is 11.6 Å². The molecule has 0 heterocycles. The largest absolute Gasteiger partial charge is 0.508 e. The van der Waals surface area contributed by atoms with E-state index >= 15 is 0 Å². The smallest absolute Gasteiger partial charge is 0.115 e. The van der Waals surface area contributed by atoms with Crippen LogP contribution >= 0.6 is 11.6 Å². The second kappa shape index (κ2) is 3.87. The van der Waals surface area contributed by atoms with Gasteiger partial charge in [-0.3, -0.25) is 0 Å². The first kappa shape index (κ1) is 8.93. The average Bonchev–Trinajstić information content (AvgIpc) is 1.77. The Labute approximate surface area is 71.4 Å². The summed E-state index contributed by atoms with van der Waals surface area (Å²) in [4.78, 5) is 0. The first-order chi connectivity index (χ1) is 3.79. The summed E-state index contributed by atoms with van der Waals surface area (Å²) in [6.45, 7) is 0. The normalized spacial score (nSPS) is 8.11. The zero-order valence-corrected chi connectivity index (χ0v) is 8.56. The van der Waals surface area contributed by atoms with E-state index in [4.69, 9.17) is 16.7 Å². The summed E-state index contributed by atoms with van der Waals surface area (Å²) in [6, 6.07) is 6.36. The molecule has 1 nitrogen and oxygen atoms in total. The Morgan fingerprint density at radius 1 is 1.11 bits per heavy atom. The minimum Gasteiger partial charge on any atom is -0.508 e. The Kier molecular flexibility index (Phi) is 3.84. The van der Waals surface area contributed by atoms with Gasteiger partial charge in [0, 0.05) is 24.5 Å². The molecule has 0 aliphatic carbocycles. The maximum atomic E-state index is 8.70. The van der Waals surface area contributed by atoms with E-state index in [1.165, 1.54) is 0 Å². The van der Waals surface area contributed by atoms with Crippen molar-refractivity contribution in [3.63, 3.8) is 0 Å². The van der Waals surface area contributed by atoms with E-state index in [-0.39, 0.29) is 25.2 Å². The zero-order valence-electron chi connectivity index (χ0n) is 4.84. The Morgan fingerprint density at radius 3 is 1.89 bits per heavy atom. The Bertz CT molecular complexity index is 152. The third-order valence-electron chi connectivity index (χ3n) is 0.827. The van der Waals surface area contributed by atoms with Crippen LogP contribution in [0.2, 0.25) is 5.02 Å². The van der Waals surface area contributed by atoms with Crippen LogP contribution in [0.5, 0.6) is 5.75 Å². The van der Waals surface area contributed by atoms with Crippen LogP contribution in [0.25, 0.3) is 0 Å². The number of benzene rings is 1. The second-order valence-electron chi connectivity index (χ2n) is 1.48. The van der Waals surface area contributed by atoms with Crippen LogP contribution in [0.1, 0.15) is 0 Å². The van der Waals surface area contributed by atoms with Gasteiger partial charge in [0.25, 0.3) is 0 Å². The Hall–Kier alpha value is -0.0666. The van der Waals surface area contributed by atoms with Crippen molar-refractivity contribution in [2.24, 2.45) is 0 Å². The molecule has 44 valence electrons. The summed E-state index contributed by atoms with van der Waals surface area (Å²) in [6.07, 6.45) is 0. The molecule has 1 rings (SSSR count). The molecule has 0 unspecified atom stereocenters. The summed E-state index contributed by atoms with van der Waals surface area (Å²) >= 11 is 5.50. The van der Waals surface area contributed by atoms with Crippen LogP contribution < -0.4 is 0 Å². The fraction of sp³-hybridized carbons (Fsp3) is 0. The Morgan fingerprint density at radius 2 is 1.56 bits per heavy atom. The van der Waals surface area contributed by atoms with Crippen LogP contribution in [-0.2, 0) is 19.5 Å². The van der Waals surface area contributed by atoms with Gasteiger partial charge < -0.3 is 5.11 Å². The van der Waals surface area contributed by atoms with Crippen LogP contribution in [0.4, 0.5) is 0 Å². The number of phenolic OH excluding ortho intramolecular Hbond substituents is 1. The van der Waals surface area contributed by atoms with Crippen molar-refractivity contribution in [3.05, 3.63) is 29.3 Å². The van der Waals surface area contributed by atoms with Gasteiger partial charge in [0.15, 0.2) is 0 Å². The number of hydrogen-bond donors (Lipinski definition) is 1. The quantitative estimate of drug-likeness (QED) is 0.626. The van der Waals surface area contributed by atoms with E-state index in [1.807, 2.05) is 0 Å². The molecular formula is C6H5ClOZn. The molecule has 0 aliphatic rings. The first-order valence-corrected chi connectivity index (χ1v) is 2.61. The van der Waals surface area contributed by atoms with Crippen molar-refractivity contribution in [2.45, 2.75) is 0 Å². The first-order valence-electron chi connectivity index (χ1n) is 2.23. The van der Waals surface area contributed by atoms with Crippen molar-refractivity contribution < 1.29 is 24.6 Å². The molecule has 0 atom stereocenters. The maximum Gasteiger partial charge on any atom is 0.115 e. The van der Waals surface area contributed by atoms with Crippen molar-refractivity contribution >= 4 is 11.6 Å². The molecule has 9 heavy (non-hydrogen) atoms. The predicted octanol–water partition coefficient (Wildman–Crippen LogP) is 2.04. The average molecular weight is 194 g/mol. The van der Waals surface area contributed by atoms with Gasteiger partial charge in [0.2, 0.25) is 0 Å². The molecule has 1 N–H and O–H groups in total. The van der Waals surface area contributed by atoms with Crippen LogP contribution in [0.3, 0.4) is 0 Å². The van der Waals surface area contributed by atoms with Gasteiger partial charge in [-0.2, -0.15) is 0 Å². The summed E-state index contributed by atoms with van der Waals surface area (Å²) in [5.41, 5.74) is 0. The molecule has 1 aromatic carbocycles. The van der Waals surface area contributed by atoms with E-state index in [1.54, 1.807) is 24.3 Å². The van der Waals surface area contributed by atoms with Crippen LogP contribution in [0, 0.1) is 0 Å². The standard InChI is InChI=1S/C6H5ClO.Zn/c7-5-1-3-6(8)4-2-5;/h1-4,8H;. The minimum absolute atomic E-state index is 0. The van der Waals surface area contributed by atoms with Crippen molar-refractivity contribution in [3.8, 4) is 5.75 Å². The Balaban J connectivity index is 0.000000640. The molecule has 0 spiro atoms. The fourth-order valence-corrected chi connectivity index (χ4v) is 0.567. The molecule has 0 bridgehead atoms. The molecule has 0 saturated carbocycles. The molecule has 0 aliphatic heterocycles. The number of aromatic hydroxyl groups is 1. The molecule has 3 heteroatoms. The molecule has 0 aromatic heterocycles. The van der Waals surface area contributed by atoms with E-state index in [0.717, 1.165) is 0 Å². The fourth-order valence-electron chi connectivity index (χ4n) is 0.441. The molecule has 0 fully saturated rings. The number of halogens is 1. The number of hydrogen-bond acceptors (Lipinski definition) is 1. The summed E-state index contributed by atoms with van der Waals surface area (Å²) < 4.78 is 0. The SMILES string of the molecule is Oc1ccc(Cl)cc1.[Zn]. The van der Waals surface area contributed by atoms with E-state index in [9.17, 15) is 0 Å². The minimum atomic E-state index is 0. The maximum absolute atomic E-state index is 8.70. The third-order valence-corrected chi connectivity index (χ3v) is 1.08. The molecular weight excluding hydrogens is 189 g/mol. The van der Waals surface area contributed by atoms with Crippen molar-refractivity contribution in [1.82, 2.24) is 0 Å². The van der Waals surface area contributed by atoms with Gasteiger partial charge in [-0.05, 0) is 24.3 Å². The van der Waals surface area contributed by atoms with E-state index < -0.39 is 0 Å². The summed E-state index contributed by atoms with van der Waals surface area (Å²) in [5.74, 6) is 0.245. The van der Waals surface area contributed by atoms with Gasteiger partial charge in [0.05, 0.1) is 0 Å². The van der Waals surface area contributed by atoms with Gasteiger partial charge in [-0.25, -0.2) is 0 Å². The van der Waals surface area contributed by atoms with Crippen molar-refractivity contribution in [1.29, 1.82) is 0 Å². The van der Waals surface area contributed by atoms with Crippen LogP contribution in [0.15, 0.2) is 24.3 Å². The van der Waals surface area contributed by atoms with E-state index in [0.29, 0.717) is 5.02 Å². The number of phenols is 1. The molecule has 0 saturated heterocycles. The summed E-state index contributed by atoms with van der Waals surface area (Å²) in [7, 11) is 0. The predicted molar refractivity (Wildman–Crippen MR) is 33.1 cm³/mol. The van der Waals surface area contributed by atoms with Gasteiger partial charge in [-0.15, -0.1) is 0 Å². The summed E-state index contributed by atoms with van der Waals surface area (Å²) in [5, 5.41) is 9.34. The number of rotatable bonds is 0. The third kappa shape index (κ3) is 2.83. The van der Waals surface area contributed by atoms with Crippen molar-refractivity contribution in [2.75, 3.05) is 0 Å². The molecule has 0 amide bonds. The monoisotopic (exact) mass is 192 g/mol. The second-order valence-corrected chi connectivity index (χ2v) is 1.91.